The highest BCUT2D eigenvalue weighted by Crippen LogP contribution is 2.43. The standard InChI is InChI=1S/C22H21F3O/c1-2-13-3-8-16(19(23)11-13)14-4-6-15(7-5-14)17-9-10-18(20-12-26-20)22(25)21(17)24/h2-3,8-11,14-15,20H,1,4-7,12H2. The molecular formula is C22H21F3O. The molecule has 0 aromatic heterocycles. The summed E-state index contributed by atoms with van der Waals surface area (Å²) in [6.45, 7) is 4.11. The van der Waals surface area contributed by atoms with Crippen molar-refractivity contribution in [3.63, 3.8) is 0 Å². The normalized spacial score (nSPS) is 25.1. The van der Waals surface area contributed by atoms with Gasteiger partial charge in [0.2, 0.25) is 0 Å². The second kappa shape index (κ2) is 6.92. The van der Waals surface area contributed by atoms with E-state index >= 15 is 0 Å². The average Bonchev–Trinajstić information content (AvgIpc) is 3.49. The van der Waals surface area contributed by atoms with Crippen LogP contribution in [0.15, 0.2) is 36.9 Å². The predicted molar refractivity (Wildman–Crippen MR) is 95.5 cm³/mol. The fourth-order valence-electron chi connectivity index (χ4n) is 4.09. The van der Waals surface area contributed by atoms with E-state index in [0.29, 0.717) is 23.3 Å². The Bertz CT molecular complexity index is 834. The van der Waals surface area contributed by atoms with Crippen molar-refractivity contribution in [3.8, 4) is 0 Å². The Morgan fingerprint density at radius 2 is 1.38 bits per heavy atom. The summed E-state index contributed by atoms with van der Waals surface area (Å²) in [4.78, 5) is 0. The molecule has 0 spiro atoms. The van der Waals surface area contributed by atoms with Crippen molar-refractivity contribution in [2.75, 3.05) is 6.61 Å². The summed E-state index contributed by atoms with van der Waals surface area (Å²) in [7, 11) is 0. The number of rotatable bonds is 4. The fraction of sp³-hybridized carbons (Fsp3) is 0.364. The van der Waals surface area contributed by atoms with Gasteiger partial charge in [0.15, 0.2) is 11.6 Å². The monoisotopic (exact) mass is 358 g/mol. The lowest BCUT2D eigenvalue weighted by Crippen LogP contribution is -2.15. The van der Waals surface area contributed by atoms with Crippen LogP contribution in [0.25, 0.3) is 6.08 Å². The highest BCUT2D eigenvalue weighted by atomic mass is 19.2. The molecule has 1 aliphatic heterocycles. The molecule has 2 aromatic carbocycles. The largest absolute Gasteiger partial charge is 0.368 e. The lowest BCUT2D eigenvalue weighted by Gasteiger charge is -2.29. The summed E-state index contributed by atoms with van der Waals surface area (Å²) in [5, 5.41) is 0. The van der Waals surface area contributed by atoms with E-state index < -0.39 is 11.6 Å². The molecule has 1 heterocycles. The number of hydrogen-bond donors (Lipinski definition) is 0. The molecular weight excluding hydrogens is 337 g/mol. The summed E-state index contributed by atoms with van der Waals surface area (Å²) < 4.78 is 48.1. The Labute approximate surface area is 151 Å². The van der Waals surface area contributed by atoms with Crippen LogP contribution in [-0.4, -0.2) is 6.61 Å². The van der Waals surface area contributed by atoms with E-state index in [1.165, 1.54) is 6.07 Å². The molecule has 2 aromatic rings. The van der Waals surface area contributed by atoms with Gasteiger partial charge in [-0.3, -0.25) is 0 Å². The molecule has 1 unspecified atom stereocenters. The van der Waals surface area contributed by atoms with Crippen LogP contribution in [-0.2, 0) is 4.74 Å². The van der Waals surface area contributed by atoms with E-state index in [1.54, 1.807) is 18.2 Å². The number of epoxide rings is 1. The van der Waals surface area contributed by atoms with Gasteiger partial charge in [-0.2, -0.15) is 0 Å². The second-order valence-electron chi connectivity index (χ2n) is 7.23. The van der Waals surface area contributed by atoms with Crippen LogP contribution in [0.2, 0.25) is 0 Å². The van der Waals surface area contributed by atoms with Crippen LogP contribution in [0.1, 0.15) is 65.9 Å². The van der Waals surface area contributed by atoms with E-state index in [1.807, 2.05) is 12.1 Å². The van der Waals surface area contributed by atoms with Gasteiger partial charge >= 0.3 is 0 Å². The Balaban J connectivity index is 1.48. The van der Waals surface area contributed by atoms with Gasteiger partial charge in [-0.25, -0.2) is 13.2 Å². The molecule has 0 radical (unpaired) electrons. The number of benzene rings is 2. The van der Waals surface area contributed by atoms with E-state index in [-0.39, 0.29) is 23.8 Å². The van der Waals surface area contributed by atoms with Crippen molar-refractivity contribution >= 4 is 6.08 Å². The molecule has 1 saturated heterocycles. The third-order valence-corrected chi connectivity index (χ3v) is 5.69. The maximum atomic E-state index is 14.5. The second-order valence-corrected chi connectivity index (χ2v) is 7.23. The summed E-state index contributed by atoms with van der Waals surface area (Å²) in [6.07, 6.45) is 4.31. The molecule has 1 atom stereocenters. The zero-order chi connectivity index (χ0) is 18.3. The zero-order valence-electron chi connectivity index (χ0n) is 14.5. The van der Waals surface area contributed by atoms with Crippen LogP contribution in [0.3, 0.4) is 0 Å². The molecule has 1 nitrogen and oxygen atoms in total. The van der Waals surface area contributed by atoms with Crippen molar-refractivity contribution in [2.45, 2.75) is 43.6 Å². The Kier molecular flexibility index (Phi) is 4.62. The number of hydrogen-bond acceptors (Lipinski definition) is 1. The van der Waals surface area contributed by atoms with Crippen LogP contribution in [0.4, 0.5) is 13.2 Å². The van der Waals surface area contributed by atoms with Gasteiger partial charge in [-0.15, -0.1) is 0 Å². The smallest absolute Gasteiger partial charge is 0.165 e. The van der Waals surface area contributed by atoms with Crippen LogP contribution < -0.4 is 0 Å². The van der Waals surface area contributed by atoms with Gasteiger partial charge in [0, 0.05) is 5.56 Å². The SMILES string of the molecule is C=Cc1ccc(C2CCC(c3ccc(C4CO4)c(F)c3F)CC2)c(F)c1. The first kappa shape index (κ1) is 17.3. The van der Waals surface area contributed by atoms with Gasteiger partial charge in [-0.1, -0.05) is 36.9 Å². The summed E-state index contributed by atoms with van der Waals surface area (Å²) in [5.41, 5.74) is 2.22. The van der Waals surface area contributed by atoms with Crippen LogP contribution in [0.5, 0.6) is 0 Å². The van der Waals surface area contributed by atoms with Crippen LogP contribution >= 0.6 is 0 Å². The lowest BCUT2D eigenvalue weighted by molar-refractivity contribution is 0.370. The topological polar surface area (TPSA) is 12.5 Å². The summed E-state index contributed by atoms with van der Waals surface area (Å²) in [5.74, 6) is -1.64. The number of ether oxygens (including phenoxy) is 1. The molecule has 2 aliphatic rings. The first-order valence-corrected chi connectivity index (χ1v) is 9.09. The maximum absolute atomic E-state index is 14.5. The maximum Gasteiger partial charge on any atom is 0.165 e. The van der Waals surface area contributed by atoms with E-state index in [0.717, 1.165) is 31.2 Å². The Morgan fingerprint density at radius 1 is 0.846 bits per heavy atom. The molecule has 0 bridgehead atoms. The van der Waals surface area contributed by atoms with E-state index in [2.05, 4.69) is 6.58 Å². The molecule has 1 saturated carbocycles. The van der Waals surface area contributed by atoms with Crippen molar-refractivity contribution in [1.29, 1.82) is 0 Å². The van der Waals surface area contributed by atoms with Crippen molar-refractivity contribution in [1.82, 2.24) is 0 Å². The number of halogens is 3. The molecule has 0 amide bonds. The lowest BCUT2D eigenvalue weighted by atomic mass is 9.75. The van der Waals surface area contributed by atoms with Gasteiger partial charge in [0.05, 0.1) is 6.61 Å². The Hall–Kier alpha value is -2.07. The zero-order valence-corrected chi connectivity index (χ0v) is 14.5. The van der Waals surface area contributed by atoms with Crippen LogP contribution in [0, 0.1) is 17.5 Å². The fourth-order valence-corrected chi connectivity index (χ4v) is 4.09. The first-order valence-electron chi connectivity index (χ1n) is 9.09. The quantitative estimate of drug-likeness (QED) is 0.588. The minimum atomic E-state index is -0.779. The Morgan fingerprint density at radius 3 is 1.96 bits per heavy atom. The average molecular weight is 358 g/mol. The molecule has 4 rings (SSSR count). The minimum absolute atomic E-state index is 0.0227. The van der Waals surface area contributed by atoms with E-state index in [9.17, 15) is 13.2 Å². The highest BCUT2D eigenvalue weighted by Gasteiger charge is 2.32. The third-order valence-electron chi connectivity index (χ3n) is 5.69. The van der Waals surface area contributed by atoms with Crippen molar-refractivity contribution in [3.05, 3.63) is 76.6 Å². The summed E-state index contributed by atoms with van der Waals surface area (Å²) in [6, 6.07) is 8.53. The van der Waals surface area contributed by atoms with Gasteiger partial charge < -0.3 is 4.74 Å². The van der Waals surface area contributed by atoms with Crippen molar-refractivity contribution < 1.29 is 17.9 Å². The minimum Gasteiger partial charge on any atom is -0.368 e. The molecule has 136 valence electrons. The van der Waals surface area contributed by atoms with Gasteiger partial charge in [-0.05, 0) is 60.3 Å². The third kappa shape index (κ3) is 3.18. The van der Waals surface area contributed by atoms with Gasteiger partial charge in [0.1, 0.15) is 11.9 Å². The summed E-state index contributed by atoms with van der Waals surface area (Å²) >= 11 is 0. The molecule has 4 heteroatoms. The molecule has 0 N–H and O–H groups in total. The van der Waals surface area contributed by atoms with Gasteiger partial charge in [0.25, 0.3) is 0 Å². The molecule has 26 heavy (non-hydrogen) atoms. The molecule has 1 aliphatic carbocycles. The van der Waals surface area contributed by atoms with E-state index in [4.69, 9.17) is 4.74 Å². The predicted octanol–water partition coefficient (Wildman–Crippen LogP) is 6.26. The highest BCUT2D eigenvalue weighted by molar-refractivity contribution is 5.48. The van der Waals surface area contributed by atoms with Crippen molar-refractivity contribution in [2.24, 2.45) is 0 Å². The first-order chi connectivity index (χ1) is 12.6. The molecule has 2 fully saturated rings.